The molecule has 3 saturated heterocycles. The van der Waals surface area contributed by atoms with Crippen LogP contribution in [0.15, 0.2) is 0 Å². The zero-order valence-electron chi connectivity index (χ0n) is 12.5. The van der Waals surface area contributed by atoms with E-state index in [4.69, 9.17) is 5.73 Å². The van der Waals surface area contributed by atoms with Gasteiger partial charge in [0.1, 0.15) is 0 Å². The van der Waals surface area contributed by atoms with Crippen molar-refractivity contribution >= 4 is 11.8 Å². The Hall–Kier alpha value is 0.230. The van der Waals surface area contributed by atoms with Gasteiger partial charge in [-0.2, -0.15) is 11.8 Å². The molecule has 2 N–H and O–H groups in total. The van der Waals surface area contributed by atoms with Gasteiger partial charge in [-0.05, 0) is 32.7 Å². The van der Waals surface area contributed by atoms with Gasteiger partial charge < -0.3 is 5.73 Å². The van der Waals surface area contributed by atoms with E-state index in [1.165, 1.54) is 51.1 Å². The molecule has 0 bridgehead atoms. The molecule has 19 heavy (non-hydrogen) atoms. The van der Waals surface area contributed by atoms with Crippen LogP contribution in [0.3, 0.4) is 0 Å². The third kappa shape index (κ3) is 2.25. The van der Waals surface area contributed by atoms with Crippen molar-refractivity contribution in [3.8, 4) is 0 Å². The SMILES string of the molecule is CC1SCCN(C2(CN)CCN3CCCCC32)C1C. The van der Waals surface area contributed by atoms with Gasteiger partial charge in [-0.15, -0.1) is 0 Å². The summed E-state index contributed by atoms with van der Waals surface area (Å²) in [6.07, 6.45) is 5.44. The van der Waals surface area contributed by atoms with Crippen LogP contribution in [-0.4, -0.2) is 64.6 Å². The van der Waals surface area contributed by atoms with Crippen molar-refractivity contribution in [2.24, 2.45) is 5.73 Å². The van der Waals surface area contributed by atoms with Gasteiger partial charge in [0.25, 0.3) is 0 Å². The van der Waals surface area contributed by atoms with Crippen molar-refractivity contribution in [3.05, 3.63) is 0 Å². The first kappa shape index (κ1) is 14.2. The fourth-order valence-corrected chi connectivity index (χ4v) is 5.72. The molecule has 3 aliphatic rings. The molecule has 0 aromatic carbocycles. The Labute approximate surface area is 122 Å². The van der Waals surface area contributed by atoms with Crippen LogP contribution in [-0.2, 0) is 0 Å². The van der Waals surface area contributed by atoms with E-state index >= 15 is 0 Å². The molecule has 3 rings (SSSR count). The van der Waals surface area contributed by atoms with Gasteiger partial charge in [-0.3, -0.25) is 9.80 Å². The van der Waals surface area contributed by atoms with Crippen LogP contribution in [0.25, 0.3) is 0 Å². The minimum Gasteiger partial charge on any atom is -0.329 e. The number of thioether (sulfide) groups is 1. The van der Waals surface area contributed by atoms with E-state index in [9.17, 15) is 0 Å². The van der Waals surface area contributed by atoms with Crippen LogP contribution >= 0.6 is 11.8 Å². The normalized spacial score (nSPS) is 45.3. The molecule has 3 fully saturated rings. The highest BCUT2D eigenvalue weighted by Gasteiger charge is 2.52. The lowest BCUT2D eigenvalue weighted by molar-refractivity contribution is 0.0133. The Balaban J connectivity index is 1.86. The molecule has 4 unspecified atom stereocenters. The van der Waals surface area contributed by atoms with E-state index in [-0.39, 0.29) is 5.54 Å². The van der Waals surface area contributed by atoms with E-state index in [2.05, 4.69) is 35.4 Å². The highest BCUT2D eigenvalue weighted by atomic mass is 32.2. The van der Waals surface area contributed by atoms with Gasteiger partial charge in [0.15, 0.2) is 0 Å². The quantitative estimate of drug-likeness (QED) is 0.837. The van der Waals surface area contributed by atoms with Crippen molar-refractivity contribution in [2.75, 3.05) is 31.9 Å². The predicted octanol–water partition coefficient (Wildman–Crippen LogP) is 1.77. The molecule has 110 valence electrons. The van der Waals surface area contributed by atoms with E-state index < -0.39 is 0 Å². The Morgan fingerprint density at radius 3 is 2.84 bits per heavy atom. The maximum absolute atomic E-state index is 6.34. The first-order valence-electron chi connectivity index (χ1n) is 8.01. The van der Waals surface area contributed by atoms with E-state index in [0.717, 1.165) is 17.8 Å². The zero-order chi connectivity index (χ0) is 13.5. The van der Waals surface area contributed by atoms with Crippen LogP contribution in [0.1, 0.15) is 39.5 Å². The molecule has 0 aromatic heterocycles. The van der Waals surface area contributed by atoms with Crippen LogP contribution in [0.5, 0.6) is 0 Å². The molecule has 0 saturated carbocycles. The topological polar surface area (TPSA) is 32.5 Å². The fourth-order valence-electron chi connectivity index (χ4n) is 4.62. The fraction of sp³-hybridized carbons (Fsp3) is 1.00. The molecule has 0 amide bonds. The summed E-state index contributed by atoms with van der Waals surface area (Å²) in [5.74, 6) is 1.28. The Morgan fingerprint density at radius 2 is 2.05 bits per heavy atom. The standard InChI is InChI=1S/C15H29N3S/c1-12-13(2)19-10-9-18(12)15(11-16)6-8-17-7-4-3-5-14(15)17/h12-14H,3-11,16H2,1-2H3. The van der Waals surface area contributed by atoms with Crippen LogP contribution in [0, 0.1) is 0 Å². The Morgan fingerprint density at radius 1 is 1.21 bits per heavy atom. The van der Waals surface area contributed by atoms with Gasteiger partial charge in [-0.1, -0.05) is 13.3 Å². The average molecular weight is 283 g/mol. The molecule has 4 heteroatoms. The van der Waals surface area contributed by atoms with Crippen molar-refractivity contribution in [1.82, 2.24) is 9.80 Å². The molecular weight excluding hydrogens is 254 g/mol. The highest BCUT2D eigenvalue weighted by molar-refractivity contribution is 8.00. The third-order valence-electron chi connectivity index (χ3n) is 5.88. The van der Waals surface area contributed by atoms with Crippen LogP contribution in [0.4, 0.5) is 0 Å². The second-order valence-corrected chi connectivity index (χ2v) is 8.10. The number of rotatable bonds is 2. The van der Waals surface area contributed by atoms with E-state index in [0.29, 0.717) is 6.04 Å². The number of fused-ring (bicyclic) bond motifs is 1. The molecule has 0 radical (unpaired) electrons. The minimum atomic E-state index is 0.273. The summed E-state index contributed by atoms with van der Waals surface area (Å²) in [7, 11) is 0. The smallest absolute Gasteiger partial charge is 0.0502 e. The van der Waals surface area contributed by atoms with Gasteiger partial charge >= 0.3 is 0 Å². The lowest BCUT2D eigenvalue weighted by atomic mass is 9.82. The zero-order valence-corrected chi connectivity index (χ0v) is 13.3. The number of hydrogen-bond acceptors (Lipinski definition) is 4. The summed E-state index contributed by atoms with van der Waals surface area (Å²) in [5.41, 5.74) is 6.61. The van der Waals surface area contributed by atoms with E-state index in [1.54, 1.807) is 0 Å². The summed E-state index contributed by atoms with van der Waals surface area (Å²) in [4.78, 5) is 5.53. The molecule has 4 atom stereocenters. The summed E-state index contributed by atoms with van der Waals surface area (Å²) in [6.45, 7) is 9.46. The molecule has 3 aliphatic heterocycles. The Bertz CT molecular complexity index is 325. The molecule has 3 heterocycles. The first-order valence-corrected chi connectivity index (χ1v) is 9.06. The largest absolute Gasteiger partial charge is 0.329 e. The van der Waals surface area contributed by atoms with Gasteiger partial charge in [0.2, 0.25) is 0 Å². The maximum Gasteiger partial charge on any atom is 0.0502 e. The summed E-state index contributed by atoms with van der Waals surface area (Å²) in [5, 5.41) is 0.745. The average Bonchev–Trinajstić information content (AvgIpc) is 2.82. The summed E-state index contributed by atoms with van der Waals surface area (Å²) >= 11 is 2.13. The third-order valence-corrected chi connectivity index (χ3v) is 7.21. The highest BCUT2D eigenvalue weighted by Crippen LogP contribution is 2.42. The lowest BCUT2D eigenvalue weighted by Gasteiger charge is -2.52. The van der Waals surface area contributed by atoms with Crippen LogP contribution < -0.4 is 5.73 Å². The monoisotopic (exact) mass is 283 g/mol. The number of piperidine rings is 1. The predicted molar refractivity (Wildman–Crippen MR) is 83.7 cm³/mol. The minimum absolute atomic E-state index is 0.273. The van der Waals surface area contributed by atoms with Crippen LogP contribution in [0.2, 0.25) is 0 Å². The molecular formula is C15H29N3S. The molecule has 0 aromatic rings. The second-order valence-electron chi connectivity index (χ2n) is 6.62. The van der Waals surface area contributed by atoms with Crippen molar-refractivity contribution in [1.29, 1.82) is 0 Å². The molecule has 0 aliphatic carbocycles. The van der Waals surface area contributed by atoms with Crippen molar-refractivity contribution in [2.45, 2.75) is 62.4 Å². The second kappa shape index (κ2) is 5.55. The van der Waals surface area contributed by atoms with Gasteiger partial charge in [0, 0.05) is 42.7 Å². The number of nitrogens with zero attached hydrogens (tertiary/aromatic N) is 2. The van der Waals surface area contributed by atoms with Crippen molar-refractivity contribution < 1.29 is 0 Å². The number of nitrogens with two attached hydrogens (primary N) is 1. The maximum atomic E-state index is 6.34. The summed E-state index contributed by atoms with van der Waals surface area (Å²) in [6, 6.07) is 1.40. The molecule has 3 nitrogen and oxygen atoms in total. The van der Waals surface area contributed by atoms with Gasteiger partial charge in [0.05, 0.1) is 5.54 Å². The first-order chi connectivity index (χ1) is 9.19. The van der Waals surface area contributed by atoms with Gasteiger partial charge in [-0.25, -0.2) is 0 Å². The number of hydrogen-bond donors (Lipinski definition) is 1. The summed E-state index contributed by atoms with van der Waals surface area (Å²) < 4.78 is 0. The molecule has 0 spiro atoms. The Kier molecular flexibility index (Phi) is 4.14. The van der Waals surface area contributed by atoms with E-state index in [1.807, 2.05) is 0 Å². The lowest BCUT2D eigenvalue weighted by Crippen LogP contribution is -2.66. The van der Waals surface area contributed by atoms with Crippen molar-refractivity contribution in [3.63, 3.8) is 0 Å².